The van der Waals surface area contributed by atoms with Crippen molar-refractivity contribution in [3.05, 3.63) is 0 Å². The molecule has 0 spiro atoms. The van der Waals surface area contributed by atoms with E-state index in [-0.39, 0.29) is 12.1 Å². The van der Waals surface area contributed by atoms with Crippen molar-refractivity contribution in [1.29, 1.82) is 0 Å². The van der Waals surface area contributed by atoms with Gasteiger partial charge >= 0.3 is 5.97 Å². The lowest BCUT2D eigenvalue weighted by molar-refractivity contribution is -0.144. The van der Waals surface area contributed by atoms with Crippen molar-refractivity contribution >= 4 is 5.97 Å². The van der Waals surface area contributed by atoms with Gasteiger partial charge in [-0.05, 0) is 26.3 Å². The smallest absolute Gasteiger partial charge is 0.320 e. The van der Waals surface area contributed by atoms with Crippen LogP contribution in [0, 0.1) is 0 Å². The van der Waals surface area contributed by atoms with Crippen LogP contribution in [0.4, 0.5) is 0 Å². The molecule has 1 aliphatic heterocycles. The monoisotopic (exact) mass is 215 g/mol. The van der Waals surface area contributed by atoms with Crippen LogP contribution in [0.5, 0.6) is 0 Å². The summed E-state index contributed by atoms with van der Waals surface area (Å²) in [5, 5.41) is 9.17. The first-order valence-electron chi connectivity index (χ1n) is 5.64. The van der Waals surface area contributed by atoms with Crippen LogP contribution in [0.25, 0.3) is 0 Å². The number of hydrogen-bond donors (Lipinski definition) is 1. The molecule has 2 atom stereocenters. The number of ether oxygens (including phenoxy) is 1. The Hall–Kier alpha value is -0.610. The molecule has 4 heteroatoms. The van der Waals surface area contributed by atoms with E-state index in [0.29, 0.717) is 6.61 Å². The van der Waals surface area contributed by atoms with Crippen LogP contribution in [-0.4, -0.2) is 48.3 Å². The number of carbonyl (C=O) groups is 1. The van der Waals surface area contributed by atoms with Gasteiger partial charge in [-0.2, -0.15) is 0 Å². The minimum Gasteiger partial charge on any atom is -0.480 e. The third kappa shape index (κ3) is 3.47. The highest BCUT2D eigenvalue weighted by Gasteiger charge is 2.30. The minimum atomic E-state index is -0.695. The molecule has 1 fully saturated rings. The van der Waals surface area contributed by atoms with Crippen LogP contribution < -0.4 is 0 Å². The predicted octanol–water partition coefficient (Wildman–Crippen LogP) is 1.35. The maximum absolute atomic E-state index is 11.1. The van der Waals surface area contributed by atoms with Gasteiger partial charge in [0.05, 0.1) is 6.61 Å². The van der Waals surface area contributed by atoms with Crippen LogP contribution in [0.1, 0.15) is 32.6 Å². The first-order chi connectivity index (χ1) is 7.16. The van der Waals surface area contributed by atoms with Crippen LogP contribution in [-0.2, 0) is 9.53 Å². The maximum atomic E-state index is 11.1. The number of hydrogen-bond acceptors (Lipinski definition) is 3. The first-order valence-corrected chi connectivity index (χ1v) is 5.64. The molecule has 0 bridgehead atoms. The summed E-state index contributed by atoms with van der Waals surface area (Å²) in [6.07, 6.45) is 4.02. The average Bonchev–Trinajstić information content (AvgIpc) is 2.42. The van der Waals surface area contributed by atoms with E-state index in [0.717, 1.165) is 32.2 Å². The Morgan fingerprint density at radius 2 is 2.27 bits per heavy atom. The summed E-state index contributed by atoms with van der Waals surface area (Å²) in [5.41, 5.74) is 0. The molecule has 0 aliphatic carbocycles. The van der Waals surface area contributed by atoms with Crippen LogP contribution in [0.15, 0.2) is 0 Å². The average molecular weight is 215 g/mol. The molecule has 1 aliphatic rings. The molecule has 1 rings (SSSR count). The van der Waals surface area contributed by atoms with Gasteiger partial charge in [0.1, 0.15) is 6.04 Å². The summed E-state index contributed by atoms with van der Waals surface area (Å²) in [7, 11) is 1.66. The van der Waals surface area contributed by atoms with E-state index in [4.69, 9.17) is 9.84 Å². The minimum absolute atomic E-state index is 0.189. The number of likely N-dealkylation sites (tertiary alicyclic amines) is 1. The van der Waals surface area contributed by atoms with Crippen LogP contribution in [0.3, 0.4) is 0 Å². The topological polar surface area (TPSA) is 49.8 Å². The first kappa shape index (κ1) is 12.5. The molecule has 0 radical (unpaired) electrons. The molecule has 1 N–H and O–H groups in total. The number of aliphatic carboxylic acids is 1. The van der Waals surface area contributed by atoms with Gasteiger partial charge in [0.25, 0.3) is 0 Å². The third-order valence-electron chi connectivity index (χ3n) is 3.05. The SMILES string of the molecule is COCC(C)N1CCCCCC1C(=O)O. The molecule has 4 nitrogen and oxygen atoms in total. The molecule has 1 heterocycles. The summed E-state index contributed by atoms with van der Waals surface area (Å²) in [5.74, 6) is -0.695. The second-order valence-electron chi connectivity index (χ2n) is 4.25. The molecule has 88 valence electrons. The highest BCUT2D eigenvalue weighted by molar-refractivity contribution is 5.73. The number of rotatable bonds is 4. The van der Waals surface area contributed by atoms with E-state index in [1.165, 1.54) is 0 Å². The Labute approximate surface area is 91.2 Å². The Kier molecular flexibility index (Phi) is 5.05. The summed E-state index contributed by atoms with van der Waals surface area (Å²) in [4.78, 5) is 13.2. The fraction of sp³-hybridized carbons (Fsp3) is 0.909. The van der Waals surface area contributed by atoms with Gasteiger partial charge in [0.2, 0.25) is 0 Å². The Bertz CT molecular complexity index is 208. The van der Waals surface area contributed by atoms with Gasteiger partial charge in [0.15, 0.2) is 0 Å². The standard InChI is InChI=1S/C11H21NO3/c1-9(8-15-2)12-7-5-3-4-6-10(12)11(13)14/h9-10H,3-8H2,1-2H3,(H,13,14). The van der Waals surface area contributed by atoms with Crippen molar-refractivity contribution in [2.75, 3.05) is 20.3 Å². The summed E-state index contributed by atoms with van der Waals surface area (Å²) >= 11 is 0. The molecule has 15 heavy (non-hydrogen) atoms. The quantitative estimate of drug-likeness (QED) is 0.769. The van der Waals surface area contributed by atoms with E-state index in [9.17, 15) is 4.79 Å². The van der Waals surface area contributed by atoms with Gasteiger partial charge in [0, 0.05) is 13.2 Å². The van der Waals surface area contributed by atoms with Crippen LogP contribution in [0.2, 0.25) is 0 Å². The number of carboxylic acid groups (broad SMARTS) is 1. The van der Waals surface area contributed by atoms with Crippen molar-refractivity contribution in [2.24, 2.45) is 0 Å². The van der Waals surface area contributed by atoms with Gasteiger partial charge in [-0.25, -0.2) is 0 Å². The largest absolute Gasteiger partial charge is 0.480 e. The van der Waals surface area contributed by atoms with E-state index in [1.807, 2.05) is 6.92 Å². The summed E-state index contributed by atoms with van der Waals surface area (Å²) in [6, 6.07) is -0.133. The van der Waals surface area contributed by atoms with Crippen molar-refractivity contribution in [2.45, 2.75) is 44.7 Å². The molecule has 2 unspecified atom stereocenters. The lowest BCUT2D eigenvalue weighted by atomic mass is 10.1. The lowest BCUT2D eigenvalue weighted by Crippen LogP contribution is -2.47. The molecule has 0 saturated carbocycles. The predicted molar refractivity (Wildman–Crippen MR) is 57.9 cm³/mol. The van der Waals surface area contributed by atoms with Crippen molar-refractivity contribution in [3.63, 3.8) is 0 Å². The number of methoxy groups -OCH3 is 1. The molecular formula is C11H21NO3. The van der Waals surface area contributed by atoms with E-state index in [2.05, 4.69) is 4.90 Å². The third-order valence-corrected chi connectivity index (χ3v) is 3.05. The molecule has 0 aromatic rings. The molecule has 0 amide bonds. The second-order valence-corrected chi connectivity index (χ2v) is 4.25. The van der Waals surface area contributed by atoms with Gasteiger partial charge in [-0.15, -0.1) is 0 Å². The molecule has 0 aromatic carbocycles. The summed E-state index contributed by atoms with van der Waals surface area (Å²) in [6.45, 7) is 3.51. The maximum Gasteiger partial charge on any atom is 0.320 e. The van der Waals surface area contributed by atoms with E-state index >= 15 is 0 Å². The zero-order valence-corrected chi connectivity index (χ0v) is 9.61. The number of carboxylic acids is 1. The summed E-state index contributed by atoms with van der Waals surface area (Å²) < 4.78 is 5.09. The number of nitrogens with zero attached hydrogens (tertiary/aromatic N) is 1. The van der Waals surface area contributed by atoms with Crippen molar-refractivity contribution < 1.29 is 14.6 Å². The van der Waals surface area contributed by atoms with E-state index < -0.39 is 5.97 Å². The fourth-order valence-corrected chi connectivity index (χ4v) is 2.26. The second kappa shape index (κ2) is 6.08. The van der Waals surface area contributed by atoms with Crippen molar-refractivity contribution in [1.82, 2.24) is 4.90 Å². The molecular weight excluding hydrogens is 194 g/mol. The van der Waals surface area contributed by atoms with E-state index in [1.54, 1.807) is 7.11 Å². The van der Waals surface area contributed by atoms with Crippen molar-refractivity contribution in [3.8, 4) is 0 Å². The lowest BCUT2D eigenvalue weighted by Gasteiger charge is -2.32. The zero-order valence-electron chi connectivity index (χ0n) is 9.61. The Morgan fingerprint density at radius 3 is 2.87 bits per heavy atom. The molecule has 1 saturated heterocycles. The molecule has 0 aromatic heterocycles. The zero-order chi connectivity index (χ0) is 11.3. The highest BCUT2D eigenvalue weighted by Crippen LogP contribution is 2.19. The van der Waals surface area contributed by atoms with Gasteiger partial charge in [-0.1, -0.05) is 12.8 Å². The van der Waals surface area contributed by atoms with Crippen LogP contribution >= 0.6 is 0 Å². The normalized spacial score (nSPS) is 25.9. The Morgan fingerprint density at radius 1 is 1.53 bits per heavy atom. The van der Waals surface area contributed by atoms with Gasteiger partial charge in [-0.3, -0.25) is 9.69 Å². The van der Waals surface area contributed by atoms with Gasteiger partial charge < -0.3 is 9.84 Å². The fourth-order valence-electron chi connectivity index (χ4n) is 2.26. The Balaban J connectivity index is 2.65. The highest BCUT2D eigenvalue weighted by atomic mass is 16.5.